The number of thioether (sulfide) groups is 1. The Labute approximate surface area is 164 Å². The van der Waals surface area contributed by atoms with Crippen LogP contribution in [0.25, 0.3) is 27.9 Å². The molecule has 0 radical (unpaired) electrons. The Bertz CT molecular complexity index is 1240. The van der Waals surface area contributed by atoms with E-state index in [9.17, 15) is 4.79 Å². The van der Waals surface area contributed by atoms with E-state index in [1.165, 1.54) is 0 Å². The zero-order chi connectivity index (χ0) is 19.7. The Balaban J connectivity index is 2.01. The molecule has 0 aliphatic carbocycles. The van der Waals surface area contributed by atoms with Crippen molar-refractivity contribution in [3.63, 3.8) is 0 Å². The predicted octanol–water partition coefficient (Wildman–Crippen LogP) is 3.91. The van der Waals surface area contributed by atoms with Crippen LogP contribution in [0.5, 0.6) is 0 Å². The summed E-state index contributed by atoms with van der Waals surface area (Å²) in [7, 11) is 0. The SMILES string of the molecule is CCOC(=O)c1c(N)n(-c2ccc(SC#N)cc2)c2nc3ccccc3nc12. The molecule has 8 heteroatoms. The fourth-order valence-electron chi connectivity index (χ4n) is 3.04. The summed E-state index contributed by atoms with van der Waals surface area (Å²) in [5.74, 6) is -0.325. The highest BCUT2D eigenvalue weighted by molar-refractivity contribution is 8.03. The van der Waals surface area contributed by atoms with Crippen LogP contribution in [0.4, 0.5) is 5.82 Å². The van der Waals surface area contributed by atoms with Crippen LogP contribution in [0.2, 0.25) is 0 Å². The van der Waals surface area contributed by atoms with Crippen LogP contribution in [0.15, 0.2) is 53.4 Å². The first-order valence-electron chi connectivity index (χ1n) is 8.54. The molecular weight excluding hydrogens is 374 g/mol. The van der Waals surface area contributed by atoms with Gasteiger partial charge in [-0.05, 0) is 55.1 Å². The molecule has 4 aromatic rings. The molecule has 0 aliphatic heterocycles. The van der Waals surface area contributed by atoms with Gasteiger partial charge in [-0.15, -0.1) is 0 Å². The van der Waals surface area contributed by atoms with Crippen molar-refractivity contribution in [1.29, 1.82) is 5.26 Å². The van der Waals surface area contributed by atoms with E-state index in [-0.39, 0.29) is 18.0 Å². The molecule has 0 bridgehead atoms. The van der Waals surface area contributed by atoms with Gasteiger partial charge in [0.15, 0.2) is 5.65 Å². The van der Waals surface area contributed by atoms with Gasteiger partial charge in [0.2, 0.25) is 0 Å². The molecule has 0 unspecified atom stereocenters. The zero-order valence-electron chi connectivity index (χ0n) is 14.9. The number of nitrogen functional groups attached to an aromatic ring is 1. The minimum absolute atomic E-state index is 0.200. The third kappa shape index (κ3) is 2.92. The molecule has 0 atom stereocenters. The number of nitrogens with zero attached hydrogens (tertiary/aromatic N) is 4. The first-order chi connectivity index (χ1) is 13.6. The Morgan fingerprint density at radius 3 is 2.50 bits per heavy atom. The number of carbonyl (C=O) groups is 1. The normalized spacial score (nSPS) is 10.9. The maximum atomic E-state index is 12.6. The number of nitrogens with two attached hydrogens (primary N) is 1. The van der Waals surface area contributed by atoms with Gasteiger partial charge < -0.3 is 10.5 Å². The second-order valence-electron chi connectivity index (χ2n) is 5.89. The molecule has 28 heavy (non-hydrogen) atoms. The molecule has 0 amide bonds. The molecular formula is C20H15N5O2S. The summed E-state index contributed by atoms with van der Waals surface area (Å²) in [6.45, 7) is 1.96. The number of fused-ring (bicyclic) bond motifs is 2. The van der Waals surface area contributed by atoms with Crippen molar-refractivity contribution >= 4 is 45.7 Å². The van der Waals surface area contributed by atoms with Crippen LogP contribution >= 0.6 is 11.8 Å². The number of para-hydroxylation sites is 2. The number of ether oxygens (including phenoxy) is 1. The first-order valence-corrected chi connectivity index (χ1v) is 9.36. The summed E-state index contributed by atoms with van der Waals surface area (Å²) in [4.78, 5) is 22.7. The van der Waals surface area contributed by atoms with Gasteiger partial charge in [-0.1, -0.05) is 12.1 Å². The standard InChI is InChI=1S/C20H15N5O2S/c1-2-27-20(26)16-17-19(24-15-6-4-3-5-14(15)23-17)25(18(16)22)12-7-9-13(10-8-12)28-11-21/h3-10H,2,22H2,1H3. The molecule has 0 saturated carbocycles. The van der Waals surface area contributed by atoms with Crippen LogP contribution in [0.3, 0.4) is 0 Å². The zero-order valence-corrected chi connectivity index (χ0v) is 15.7. The lowest BCUT2D eigenvalue weighted by atomic mass is 10.2. The van der Waals surface area contributed by atoms with Crippen LogP contribution < -0.4 is 5.73 Å². The van der Waals surface area contributed by atoms with Gasteiger partial charge >= 0.3 is 5.97 Å². The Morgan fingerprint density at radius 1 is 1.18 bits per heavy atom. The van der Waals surface area contributed by atoms with E-state index in [1.54, 1.807) is 11.5 Å². The smallest absolute Gasteiger partial charge is 0.344 e. The number of benzene rings is 2. The molecule has 0 fully saturated rings. The summed E-state index contributed by atoms with van der Waals surface area (Å²) in [6.07, 6.45) is 0. The third-order valence-corrected chi connectivity index (χ3v) is 4.83. The third-order valence-electron chi connectivity index (χ3n) is 4.24. The van der Waals surface area contributed by atoms with Crippen molar-refractivity contribution in [1.82, 2.24) is 14.5 Å². The van der Waals surface area contributed by atoms with E-state index in [0.29, 0.717) is 27.9 Å². The van der Waals surface area contributed by atoms with Gasteiger partial charge in [-0.25, -0.2) is 14.8 Å². The molecule has 0 saturated heterocycles. The van der Waals surface area contributed by atoms with E-state index >= 15 is 0 Å². The predicted molar refractivity (Wildman–Crippen MR) is 108 cm³/mol. The van der Waals surface area contributed by atoms with Crippen LogP contribution in [0, 0.1) is 10.7 Å². The Kier molecular flexibility index (Phi) is 4.59. The summed E-state index contributed by atoms with van der Waals surface area (Å²) in [5.41, 5.74) is 9.50. The van der Waals surface area contributed by atoms with Gasteiger partial charge in [-0.2, -0.15) is 5.26 Å². The van der Waals surface area contributed by atoms with Gasteiger partial charge in [0, 0.05) is 10.6 Å². The molecule has 7 nitrogen and oxygen atoms in total. The van der Waals surface area contributed by atoms with E-state index in [4.69, 9.17) is 20.7 Å². The van der Waals surface area contributed by atoms with Crippen molar-refractivity contribution in [3.8, 4) is 11.1 Å². The molecule has 2 N–H and O–H groups in total. The molecule has 0 aliphatic rings. The van der Waals surface area contributed by atoms with Gasteiger partial charge in [-0.3, -0.25) is 4.57 Å². The fraction of sp³-hybridized carbons (Fsp3) is 0.100. The van der Waals surface area contributed by atoms with Crippen molar-refractivity contribution in [3.05, 3.63) is 54.1 Å². The van der Waals surface area contributed by atoms with E-state index in [1.807, 2.05) is 53.9 Å². The highest BCUT2D eigenvalue weighted by Gasteiger charge is 2.25. The lowest BCUT2D eigenvalue weighted by Gasteiger charge is -2.08. The van der Waals surface area contributed by atoms with Crippen molar-refractivity contribution < 1.29 is 9.53 Å². The summed E-state index contributed by atoms with van der Waals surface area (Å²) < 4.78 is 6.87. The number of hydrogen-bond donors (Lipinski definition) is 1. The molecule has 138 valence electrons. The molecule has 0 spiro atoms. The summed E-state index contributed by atoms with van der Waals surface area (Å²) in [6, 6.07) is 14.7. The number of nitriles is 1. The highest BCUT2D eigenvalue weighted by atomic mass is 32.2. The molecule has 2 aromatic heterocycles. The van der Waals surface area contributed by atoms with Gasteiger partial charge in [0.25, 0.3) is 0 Å². The maximum absolute atomic E-state index is 12.6. The lowest BCUT2D eigenvalue weighted by Crippen LogP contribution is -2.09. The number of thiocyanates is 1. The van der Waals surface area contributed by atoms with E-state index in [2.05, 4.69) is 4.98 Å². The van der Waals surface area contributed by atoms with E-state index in [0.717, 1.165) is 16.7 Å². The average molecular weight is 389 g/mol. The lowest BCUT2D eigenvalue weighted by molar-refractivity contribution is 0.0529. The second-order valence-corrected chi connectivity index (χ2v) is 6.75. The van der Waals surface area contributed by atoms with Gasteiger partial charge in [0.1, 0.15) is 22.3 Å². The molecule has 4 rings (SSSR count). The Morgan fingerprint density at radius 2 is 1.86 bits per heavy atom. The second kappa shape index (κ2) is 7.21. The minimum atomic E-state index is -0.537. The maximum Gasteiger partial charge on any atom is 0.344 e. The summed E-state index contributed by atoms with van der Waals surface area (Å²) in [5, 5.41) is 10.9. The topological polar surface area (TPSA) is 107 Å². The minimum Gasteiger partial charge on any atom is -0.462 e. The fourth-order valence-corrected chi connectivity index (χ4v) is 3.42. The van der Waals surface area contributed by atoms with Crippen molar-refractivity contribution in [2.45, 2.75) is 11.8 Å². The number of hydrogen-bond acceptors (Lipinski definition) is 7. The van der Waals surface area contributed by atoms with Crippen LogP contribution in [-0.2, 0) is 4.74 Å². The number of anilines is 1. The highest BCUT2D eigenvalue weighted by Crippen LogP contribution is 2.32. The van der Waals surface area contributed by atoms with Crippen molar-refractivity contribution in [2.75, 3.05) is 12.3 Å². The largest absolute Gasteiger partial charge is 0.462 e. The van der Waals surface area contributed by atoms with Crippen LogP contribution in [0.1, 0.15) is 17.3 Å². The monoisotopic (exact) mass is 389 g/mol. The average Bonchev–Trinajstić information content (AvgIpc) is 2.98. The van der Waals surface area contributed by atoms with Gasteiger partial charge in [0.05, 0.1) is 17.6 Å². The first kappa shape index (κ1) is 17.8. The molecule has 2 heterocycles. The number of carbonyl (C=O) groups excluding carboxylic acids is 1. The number of aromatic nitrogens is 3. The number of esters is 1. The van der Waals surface area contributed by atoms with E-state index < -0.39 is 5.97 Å². The van der Waals surface area contributed by atoms with Crippen LogP contribution in [-0.4, -0.2) is 27.1 Å². The number of rotatable bonds is 4. The molecule has 2 aromatic carbocycles. The Hall–Kier alpha value is -3.57. The van der Waals surface area contributed by atoms with Crippen molar-refractivity contribution in [2.24, 2.45) is 0 Å². The quantitative estimate of drug-likeness (QED) is 0.320. The summed E-state index contributed by atoms with van der Waals surface area (Å²) >= 11 is 1.07.